The van der Waals surface area contributed by atoms with Crippen LogP contribution in [0.3, 0.4) is 0 Å². The molecular weight excluding hydrogens is 444 g/mol. The molecule has 0 amide bonds. The van der Waals surface area contributed by atoms with Crippen LogP contribution in [0.25, 0.3) is 0 Å². The molecule has 0 aliphatic carbocycles. The van der Waals surface area contributed by atoms with Gasteiger partial charge in [-0.2, -0.15) is 0 Å². The van der Waals surface area contributed by atoms with Gasteiger partial charge in [0.25, 0.3) is 0 Å². The maximum atomic E-state index is 12.9. The van der Waals surface area contributed by atoms with Crippen LogP contribution in [-0.2, 0) is 6.54 Å². The Morgan fingerprint density at radius 2 is 1.88 bits per heavy atom. The molecule has 0 spiro atoms. The zero-order valence-electron chi connectivity index (χ0n) is 16.0. The second-order valence-corrected chi connectivity index (χ2v) is 6.60. The number of likely N-dealkylation sites (N-methyl/N-ethyl adjacent to an activating group) is 1. The lowest BCUT2D eigenvalue weighted by Gasteiger charge is -2.20. The molecule has 2 N–H and O–H groups in total. The number of guanidine groups is 1. The fraction of sp³-hybridized carbons (Fsp3) is 0.632. The molecule has 2 rings (SSSR count). The van der Waals surface area contributed by atoms with E-state index in [0.29, 0.717) is 6.54 Å². The first-order chi connectivity index (χ1) is 12.2. The highest BCUT2D eigenvalue weighted by Gasteiger charge is 2.11. The predicted molar refractivity (Wildman–Crippen MR) is 118 cm³/mol. The Morgan fingerprint density at radius 3 is 2.62 bits per heavy atom. The normalized spacial score (nSPS) is 16.7. The van der Waals surface area contributed by atoms with Gasteiger partial charge in [-0.25, -0.2) is 9.38 Å². The first-order valence-electron chi connectivity index (χ1n) is 9.35. The first kappa shape index (κ1) is 23.1. The van der Waals surface area contributed by atoms with Gasteiger partial charge in [-0.3, -0.25) is 0 Å². The summed E-state index contributed by atoms with van der Waals surface area (Å²) in [6.45, 7) is 10.2. The molecule has 26 heavy (non-hydrogen) atoms. The van der Waals surface area contributed by atoms with Crippen molar-refractivity contribution in [2.24, 2.45) is 4.99 Å². The smallest absolute Gasteiger partial charge is 0.191 e. The van der Waals surface area contributed by atoms with Crippen LogP contribution >= 0.6 is 24.0 Å². The maximum Gasteiger partial charge on any atom is 0.191 e. The van der Waals surface area contributed by atoms with Gasteiger partial charge in [0.2, 0.25) is 0 Å². The number of nitrogens with zero attached hydrogens (tertiary/aromatic N) is 3. The number of halogens is 2. The average Bonchev–Trinajstić information content (AvgIpc) is 2.82. The van der Waals surface area contributed by atoms with Crippen molar-refractivity contribution in [2.75, 3.05) is 52.9 Å². The zero-order valence-corrected chi connectivity index (χ0v) is 18.3. The van der Waals surface area contributed by atoms with Gasteiger partial charge in [0.1, 0.15) is 5.82 Å². The second kappa shape index (κ2) is 13.3. The predicted octanol–water partition coefficient (Wildman–Crippen LogP) is 2.53. The molecule has 0 saturated carbocycles. The van der Waals surface area contributed by atoms with Crippen molar-refractivity contribution in [3.8, 4) is 0 Å². The number of rotatable bonds is 7. The van der Waals surface area contributed by atoms with Crippen LogP contribution < -0.4 is 10.6 Å². The van der Waals surface area contributed by atoms with Crippen molar-refractivity contribution >= 4 is 29.9 Å². The van der Waals surface area contributed by atoms with Gasteiger partial charge in [-0.15, -0.1) is 24.0 Å². The third-order valence-corrected chi connectivity index (χ3v) is 4.43. The Hall–Kier alpha value is -0.930. The molecule has 1 aromatic rings. The van der Waals surface area contributed by atoms with E-state index in [4.69, 9.17) is 0 Å². The summed E-state index contributed by atoms with van der Waals surface area (Å²) in [5, 5.41) is 6.66. The van der Waals surface area contributed by atoms with E-state index >= 15 is 0 Å². The molecule has 1 aliphatic rings. The summed E-state index contributed by atoms with van der Waals surface area (Å²) in [6, 6.07) is 6.51. The van der Waals surface area contributed by atoms with E-state index < -0.39 is 0 Å². The molecule has 1 aliphatic heterocycles. The Bertz CT molecular complexity index is 523. The van der Waals surface area contributed by atoms with Gasteiger partial charge in [0, 0.05) is 26.2 Å². The third kappa shape index (κ3) is 9.14. The van der Waals surface area contributed by atoms with Crippen molar-refractivity contribution in [3.63, 3.8) is 0 Å². The molecule has 1 saturated heterocycles. The highest BCUT2D eigenvalue weighted by molar-refractivity contribution is 14.0. The third-order valence-electron chi connectivity index (χ3n) is 4.43. The van der Waals surface area contributed by atoms with E-state index in [0.717, 1.165) is 50.7 Å². The van der Waals surface area contributed by atoms with Crippen LogP contribution in [0.5, 0.6) is 0 Å². The van der Waals surface area contributed by atoms with Crippen molar-refractivity contribution in [3.05, 3.63) is 35.6 Å². The molecule has 7 heteroatoms. The van der Waals surface area contributed by atoms with Crippen molar-refractivity contribution in [1.82, 2.24) is 20.4 Å². The molecule has 0 unspecified atom stereocenters. The fourth-order valence-electron chi connectivity index (χ4n) is 2.93. The molecule has 5 nitrogen and oxygen atoms in total. The summed E-state index contributed by atoms with van der Waals surface area (Å²) in [5.74, 6) is 0.611. The van der Waals surface area contributed by atoms with Crippen LogP contribution in [0.4, 0.5) is 4.39 Å². The average molecular weight is 477 g/mol. The van der Waals surface area contributed by atoms with Gasteiger partial charge in [-0.1, -0.05) is 12.1 Å². The van der Waals surface area contributed by atoms with E-state index in [1.54, 1.807) is 12.1 Å². The van der Waals surface area contributed by atoms with Gasteiger partial charge < -0.3 is 20.4 Å². The lowest BCUT2D eigenvalue weighted by molar-refractivity contribution is 0.274. The van der Waals surface area contributed by atoms with Gasteiger partial charge in [-0.05, 0) is 64.1 Å². The largest absolute Gasteiger partial charge is 0.357 e. The summed E-state index contributed by atoms with van der Waals surface area (Å²) < 4.78 is 12.9. The monoisotopic (exact) mass is 477 g/mol. The molecule has 0 radical (unpaired) electrons. The van der Waals surface area contributed by atoms with E-state index in [1.807, 2.05) is 0 Å². The standard InChI is InChI=1S/C19H32FN5.HI/c1-3-21-19(23-16-17-6-8-18(20)9-7-17)22-10-4-12-25-13-5-11-24(2)14-15-25;/h6-9H,3-5,10-16H2,1-2H3,(H2,21,22,23);1H. The molecule has 1 aromatic carbocycles. The van der Waals surface area contributed by atoms with Crippen LogP contribution in [-0.4, -0.2) is 68.6 Å². The molecule has 1 heterocycles. The first-order valence-corrected chi connectivity index (χ1v) is 9.35. The summed E-state index contributed by atoms with van der Waals surface area (Å²) in [7, 11) is 2.20. The SMILES string of the molecule is CCNC(=NCc1ccc(F)cc1)NCCCN1CCCN(C)CC1.I. The number of hydrogen-bond acceptors (Lipinski definition) is 3. The van der Waals surface area contributed by atoms with Crippen molar-refractivity contribution < 1.29 is 4.39 Å². The number of aliphatic imine (C=N–C) groups is 1. The van der Waals surface area contributed by atoms with Crippen LogP contribution in [0.15, 0.2) is 29.3 Å². The fourth-order valence-corrected chi connectivity index (χ4v) is 2.93. The Kier molecular flexibility index (Phi) is 11.8. The highest BCUT2D eigenvalue weighted by Crippen LogP contribution is 2.04. The molecular formula is C19H33FIN5. The van der Waals surface area contributed by atoms with Gasteiger partial charge in [0.15, 0.2) is 5.96 Å². The zero-order chi connectivity index (χ0) is 17.9. The lowest BCUT2D eigenvalue weighted by Crippen LogP contribution is -2.39. The van der Waals surface area contributed by atoms with Crippen molar-refractivity contribution in [2.45, 2.75) is 26.3 Å². The second-order valence-electron chi connectivity index (χ2n) is 6.60. The van der Waals surface area contributed by atoms with E-state index in [1.165, 1.54) is 31.6 Å². The number of nitrogens with one attached hydrogen (secondary N) is 2. The van der Waals surface area contributed by atoms with E-state index in [9.17, 15) is 4.39 Å². The topological polar surface area (TPSA) is 42.9 Å². The quantitative estimate of drug-likeness (QED) is 0.274. The van der Waals surface area contributed by atoms with Crippen LogP contribution in [0.1, 0.15) is 25.3 Å². The molecule has 0 bridgehead atoms. The minimum Gasteiger partial charge on any atom is -0.357 e. The number of hydrogen-bond donors (Lipinski definition) is 2. The molecule has 0 aromatic heterocycles. The van der Waals surface area contributed by atoms with E-state index in [-0.39, 0.29) is 29.8 Å². The minimum atomic E-state index is -0.211. The van der Waals surface area contributed by atoms with Crippen molar-refractivity contribution in [1.29, 1.82) is 0 Å². The van der Waals surface area contributed by atoms with E-state index in [2.05, 4.69) is 39.4 Å². The lowest BCUT2D eigenvalue weighted by atomic mass is 10.2. The summed E-state index contributed by atoms with van der Waals surface area (Å²) in [6.07, 6.45) is 2.36. The maximum absolute atomic E-state index is 12.9. The molecule has 148 valence electrons. The Balaban J connectivity index is 0.00000338. The highest BCUT2D eigenvalue weighted by atomic mass is 127. The Morgan fingerprint density at radius 1 is 1.12 bits per heavy atom. The van der Waals surface area contributed by atoms with Crippen LogP contribution in [0, 0.1) is 5.82 Å². The Labute approximate surface area is 174 Å². The van der Waals surface area contributed by atoms with Gasteiger partial charge >= 0.3 is 0 Å². The van der Waals surface area contributed by atoms with Gasteiger partial charge in [0.05, 0.1) is 6.54 Å². The summed E-state index contributed by atoms with van der Waals surface area (Å²) in [4.78, 5) is 9.53. The minimum absolute atomic E-state index is 0. The van der Waals surface area contributed by atoms with Crippen LogP contribution in [0.2, 0.25) is 0 Å². The number of benzene rings is 1. The summed E-state index contributed by atoms with van der Waals surface area (Å²) in [5.41, 5.74) is 1.01. The molecule has 0 atom stereocenters. The summed E-state index contributed by atoms with van der Waals surface area (Å²) >= 11 is 0. The molecule has 1 fully saturated rings.